The van der Waals surface area contributed by atoms with E-state index in [-0.39, 0.29) is 11.2 Å². The molecule has 0 aliphatic rings. The molecule has 4 heteroatoms. The Morgan fingerprint density at radius 2 is 1.19 bits per heavy atom. The smallest absolute Gasteiger partial charge is 0.139 e. The van der Waals surface area contributed by atoms with Gasteiger partial charge in [0.25, 0.3) is 0 Å². The highest BCUT2D eigenvalue weighted by Gasteiger charge is 2.24. The first-order chi connectivity index (χ1) is 25.7. The topological polar surface area (TPSA) is 49.2 Å². The van der Waals surface area contributed by atoms with Crippen LogP contribution in [0.25, 0.3) is 55.4 Å². The Morgan fingerprint density at radius 3 is 1.91 bits per heavy atom. The first kappa shape index (κ1) is 33.6. The van der Waals surface area contributed by atoms with Crippen LogP contribution in [0.15, 0.2) is 170 Å². The van der Waals surface area contributed by atoms with Crippen molar-refractivity contribution in [2.45, 2.75) is 33.1 Å². The van der Waals surface area contributed by atoms with Crippen LogP contribution in [0.4, 0.5) is 17.3 Å². The van der Waals surface area contributed by atoms with Gasteiger partial charge in [-0.15, -0.1) is 0 Å². The fourth-order valence-corrected chi connectivity index (χ4v) is 7.10. The van der Waals surface area contributed by atoms with Crippen LogP contribution >= 0.6 is 0 Å². The number of phenols is 1. The lowest BCUT2D eigenvalue weighted by atomic mass is 9.85. The van der Waals surface area contributed by atoms with Gasteiger partial charge in [0.1, 0.15) is 17.4 Å². The summed E-state index contributed by atoms with van der Waals surface area (Å²) in [7, 11) is 0. The third-order valence-corrected chi connectivity index (χ3v) is 9.96. The Labute approximate surface area is 311 Å². The van der Waals surface area contributed by atoms with Crippen molar-refractivity contribution in [1.29, 1.82) is 0 Å². The highest BCUT2D eigenvalue weighted by Crippen LogP contribution is 2.44. The van der Waals surface area contributed by atoms with Gasteiger partial charge >= 0.3 is 0 Å². The Morgan fingerprint density at radius 1 is 0.528 bits per heavy atom. The van der Waals surface area contributed by atoms with E-state index in [2.05, 4.69) is 142 Å². The lowest BCUT2D eigenvalue weighted by molar-refractivity contribution is 0.477. The Bertz CT molecular complexity index is 2560. The second kappa shape index (κ2) is 13.9. The van der Waals surface area contributed by atoms with Crippen LogP contribution in [0.2, 0.25) is 0 Å². The molecule has 258 valence electrons. The van der Waals surface area contributed by atoms with Crippen LogP contribution < -0.4 is 4.90 Å². The van der Waals surface area contributed by atoms with E-state index >= 15 is 0 Å². The molecule has 0 spiro atoms. The second-order valence-electron chi connectivity index (χ2n) is 14.5. The van der Waals surface area contributed by atoms with E-state index < -0.39 is 0 Å². The molecule has 4 nitrogen and oxygen atoms in total. The lowest BCUT2D eigenvalue weighted by Crippen LogP contribution is -2.17. The molecule has 1 N–H and O–H groups in total. The number of pyridine rings is 2. The maximum atomic E-state index is 11.1. The summed E-state index contributed by atoms with van der Waals surface area (Å²) in [5.74, 6) is 1.79. The van der Waals surface area contributed by atoms with E-state index in [4.69, 9.17) is 9.97 Å². The number of nitrogens with zero attached hydrogens (tertiary/aromatic N) is 3. The summed E-state index contributed by atoms with van der Waals surface area (Å²) in [5, 5.41) is 13.3. The minimum absolute atomic E-state index is 0.191. The third kappa shape index (κ3) is 6.68. The van der Waals surface area contributed by atoms with E-state index in [1.807, 2.05) is 54.7 Å². The van der Waals surface area contributed by atoms with Gasteiger partial charge in [0, 0.05) is 22.7 Å². The molecule has 8 aromatic rings. The molecule has 0 fully saturated rings. The molecule has 0 aliphatic carbocycles. The maximum Gasteiger partial charge on any atom is 0.139 e. The van der Waals surface area contributed by atoms with E-state index in [9.17, 15) is 5.11 Å². The standard InChI is InChI=1S/C49H41N3O/c1-33-42(35-19-9-6-10-20-35)28-38(29-43(33)41-23-13-14-24-46(41)53)44-31-39(49(2,3)4)32-48(51-44)52(47-25-15-16-26-50-47)45-30-37(34-17-7-5-8-18-34)27-36-21-11-12-22-40(36)45/h5-32,53H,1-4H3. The Kier molecular flexibility index (Phi) is 8.81. The Hall–Kier alpha value is -6.52. The SMILES string of the molecule is Cc1c(-c2ccccc2)cc(-c2cc(C(C)(C)C)cc(N(c3ccccn3)c3cc(-c4ccccc4)cc4ccccc34)n2)cc1-c1ccccc1O. The van der Waals surface area contributed by atoms with Gasteiger partial charge in [0.15, 0.2) is 0 Å². The van der Waals surface area contributed by atoms with Crippen LogP contribution in [0.3, 0.4) is 0 Å². The van der Waals surface area contributed by atoms with Crippen molar-refractivity contribution in [2.24, 2.45) is 0 Å². The van der Waals surface area contributed by atoms with Crippen molar-refractivity contribution in [2.75, 3.05) is 4.90 Å². The predicted molar refractivity (Wildman–Crippen MR) is 221 cm³/mol. The van der Waals surface area contributed by atoms with Crippen molar-refractivity contribution in [1.82, 2.24) is 9.97 Å². The number of aromatic nitrogens is 2. The number of fused-ring (bicyclic) bond motifs is 1. The van der Waals surface area contributed by atoms with Gasteiger partial charge in [-0.1, -0.05) is 130 Å². The molecule has 0 amide bonds. The average Bonchev–Trinajstić information content (AvgIpc) is 3.19. The molecule has 0 unspecified atom stereocenters. The summed E-state index contributed by atoms with van der Waals surface area (Å²) in [6, 6.07) is 56.4. The predicted octanol–water partition coefficient (Wildman–Crippen LogP) is 13.1. The van der Waals surface area contributed by atoms with E-state index in [0.717, 1.165) is 83.9 Å². The molecule has 0 saturated heterocycles. The summed E-state index contributed by atoms with van der Waals surface area (Å²) in [4.78, 5) is 12.6. The van der Waals surface area contributed by atoms with E-state index in [1.165, 1.54) is 0 Å². The third-order valence-electron chi connectivity index (χ3n) is 9.96. The van der Waals surface area contributed by atoms with Crippen molar-refractivity contribution in [3.8, 4) is 50.4 Å². The molecule has 2 heterocycles. The average molecular weight is 688 g/mol. The molecular formula is C49H41N3O. The molecule has 0 saturated carbocycles. The molecule has 2 aromatic heterocycles. The number of para-hydroxylation sites is 1. The van der Waals surface area contributed by atoms with Crippen molar-refractivity contribution in [3.63, 3.8) is 0 Å². The molecule has 53 heavy (non-hydrogen) atoms. The fraction of sp³-hybridized carbons (Fsp3) is 0.102. The number of anilines is 3. The van der Waals surface area contributed by atoms with Crippen LogP contribution in [0.1, 0.15) is 31.9 Å². The van der Waals surface area contributed by atoms with E-state index in [0.29, 0.717) is 0 Å². The number of hydrogen-bond donors (Lipinski definition) is 1. The van der Waals surface area contributed by atoms with Crippen molar-refractivity contribution in [3.05, 3.63) is 181 Å². The minimum Gasteiger partial charge on any atom is -0.507 e. The molecule has 6 aromatic carbocycles. The van der Waals surface area contributed by atoms with E-state index in [1.54, 1.807) is 6.07 Å². The molecule has 0 atom stereocenters. The largest absolute Gasteiger partial charge is 0.507 e. The summed E-state index contributed by atoms with van der Waals surface area (Å²) >= 11 is 0. The first-order valence-corrected chi connectivity index (χ1v) is 18.1. The minimum atomic E-state index is -0.191. The molecule has 0 aliphatic heterocycles. The quantitative estimate of drug-likeness (QED) is 0.181. The fourth-order valence-electron chi connectivity index (χ4n) is 7.10. The first-order valence-electron chi connectivity index (χ1n) is 18.1. The molecule has 0 bridgehead atoms. The normalized spacial score (nSPS) is 11.5. The van der Waals surface area contributed by atoms with Gasteiger partial charge < -0.3 is 5.11 Å². The van der Waals surface area contributed by atoms with Gasteiger partial charge in [-0.25, -0.2) is 9.97 Å². The molecule has 0 radical (unpaired) electrons. The summed E-state index contributed by atoms with van der Waals surface area (Å²) in [6.45, 7) is 8.85. The zero-order chi connectivity index (χ0) is 36.5. The van der Waals surface area contributed by atoms with Crippen molar-refractivity contribution >= 4 is 28.1 Å². The summed E-state index contributed by atoms with van der Waals surface area (Å²) in [6.07, 6.45) is 1.84. The number of aromatic hydroxyl groups is 1. The van der Waals surface area contributed by atoms with Crippen LogP contribution in [-0.2, 0) is 5.41 Å². The molecular weight excluding hydrogens is 647 g/mol. The van der Waals surface area contributed by atoms with Crippen LogP contribution in [0.5, 0.6) is 5.75 Å². The van der Waals surface area contributed by atoms with Gasteiger partial charge in [-0.05, 0) is 111 Å². The zero-order valence-electron chi connectivity index (χ0n) is 30.5. The van der Waals surface area contributed by atoms with Gasteiger partial charge in [0.05, 0.1) is 11.4 Å². The highest BCUT2D eigenvalue weighted by atomic mass is 16.3. The molecule has 8 rings (SSSR count). The maximum absolute atomic E-state index is 11.1. The number of rotatable bonds is 7. The monoisotopic (exact) mass is 687 g/mol. The number of benzene rings is 6. The summed E-state index contributed by atoms with van der Waals surface area (Å²) < 4.78 is 0. The number of hydrogen-bond acceptors (Lipinski definition) is 4. The Balaban J connectivity index is 1.42. The van der Waals surface area contributed by atoms with Crippen LogP contribution in [-0.4, -0.2) is 15.1 Å². The zero-order valence-corrected chi connectivity index (χ0v) is 30.5. The van der Waals surface area contributed by atoms with Gasteiger partial charge in [0.2, 0.25) is 0 Å². The second-order valence-corrected chi connectivity index (χ2v) is 14.5. The summed E-state index contributed by atoms with van der Waals surface area (Å²) in [5.41, 5.74) is 11.0. The van der Waals surface area contributed by atoms with Gasteiger partial charge in [-0.3, -0.25) is 4.90 Å². The van der Waals surface area contributed by atoms with Gasteiger partial charge in [-0.2, -0.15) is 0 Å². The highest BCUT2D eigenvalue weighted by molar-refractivity contribution is 6.01. The van der Waals surface area contributed by atoms with Crippen LogP contribution in [0, 0.1) is 6.92 Å². The van der Waals surface area contributed by atoms with Crippen molar-refractivity contribution < 1.29 is 5.11 Å². The number of phenolic OH excluding ortho intramolecular Hbond substituents is 1. The lowest BCUT2D eigenvalue weighted by Gasteiger charge is -2.28.